The van der Waals surface area contributed by atoms with Gasteiger partial charge in [-0.3, -0.25) is 9.59 Å². The number of likely N-dealkylation sites (tertiary alicyclic amines) is 1. The number of carbonyl (C=O) groups excluding carboxylic acids is 2. The molecule has 8 heteroatoms. The number of hydrogen-bond donors (Lipinski definition) is 1. The number of piperidine rings is 1. The van der Waals surface area contributed by atoms with Crippen LogP contribution in [0.5, 0.6) is 0 Å². The minimum absolute atomic E-state index is 0.0435. The van der Waals surface area contributed by atoms with E-state index in [1.54, 1.807) is 0 Å². The van der Waals surface area contributed by atoms with E-state index in [0.29, 0.717) is 50.3 Å². The van der Waals surface area contributed by atoms with Crippen LogP contribution in [-0.4, -0.2) is 63.4 Å². The van der Waals surface area contributed by atoms with Crippen LogP contribution in [0.3, 0.4) is 0 Å². The highest BCUT2D eigenvalue weighted by Crippen LogP contribution is 2.26. The summed E-state index contributed by atoms with van der Waals surface area (Å²) in [7, 11) is 0. The lowest BCUT2D eigenvalue weighted by atomic mass is 9.95. The van der Waals surface area contributed by atoms with Crippen LogP contribution in [0.2, 0.25) is 0 Å². The van der Waals surface area contributed by atoms with Crippen LogP contribution in [-0.2, 0) is 9.53 Å². The minimum atomic E-state index is -0.0675. The van der Waals surface area contributed by atoms with E-state index in [-0.39, 0.29) is 23.8 Å². The number of hydrogen-bond acceptors (Lipinski definition) is 4. The van der Waals surface area contributed by atoms with Gasteiger partial charge in [0.25, 0.3) is 5.91 Å². The molecule has 0 unspecified atom stereocenters. The van der Waals surface area contributed by atoms with Crippen LogP contribution in [0, 0.1) is 12.8 Å². The fourth-order valence-corrected chi connectivity index (χ4v) is 4.48. The first-order valence-corrected chi connectivity index (χ1v) is 12.4. The monoisotopic (exact) mass is 477 g/mol. The molecule has 1 fully saturated rings. The van der Waals surface area contributed by atoms with Crippen molar-refractivity contribution < 1.29 is 14.3 Å². The summed E-state index contributed by atoms with van der Waals surface area (Å²) in [6.45, 7) is 8.24. The van der Waals surface area contributed by atoms with Gasteiger partial charge in [-0.05, 0) is 64.3 Å². The van der Waals surface area contributed by atoms with Gasteiger partial charge in [-0.25, -0.2) is 4.68 Å². The molecule has 3 heterocycles. The van der Waals surface area contributed by atoms with Gasteiger partial charge in [-0.2, -0.15) is 5.10 Å². The van der Waals surface area contributed by atoms with Gasteiger partial charge >= 0.3 is 0 Å². The largest absolute Gasteiger partial charge is 0.379 e. The molecule has 4 rings (SSSR count). The molecule has 0 atom stereocenters. The molecule has 2 aromatic heterocycles. The summed E-state index contributed by atoms with van der Waals surface area (Å²) in [6.07, 6.45) is 6.17. The zero-order valence-electron chi connectivity index (χ0n) is 20.8. The third-order valence-electron chi connectivity index (χ3n) is 6.32. The number of nitrogens with one attached hydrogen (secondary N) is 1. The number of para-hydroxylation sites is 1. The van der Waals surface area contributed by atoms with E-state index in [9.17, 15) is 9.59 Å². The van der Waals surface area contributed by atoms with Crippen molar-refractivity contribution in [2.75, 3.05) is 26.2 Å². The van der Waals surface area contributed by atoms with Crippen molar-refractivity contribution in [1.29, 1.82) is 0 Å². The third kappa shape index (κ3) is 5.82. The number of amides is 2. The molecule has 0 spiro atoms. The van der Waals surface area contributed by atoms with Gasteiger partial charge in [0.15, 0.2) is 5.82 Å². The third-order valence-corrected chi connectivity index (χ3v) is 6.32. The predicted molar refractivity (Wildman–Crippen MR) is 135 cm³/mol. The second-order valence-corrected chi connectivity index (χ2v) is 9.25. The van der Waals surface area contributed by atoms with Gasteiger partial charge in [-0.1, -0.05) is 18.2 Å². The van der Waals surface area contributed by atoms with Crippen molar-refractivity contribution in [3.8, 4) is 11.5 Å². The molecule has 3 aromatic rings. The fourth-order valence-electron chi connectivity index (χ4n) is 4.48. The summed E-state index contributed by atoms with van der Waals surface area (Å²) >= 11 is 0. The Bertz CT molecular complexity index is 1110. The Morgan fingerprint density at radius 1 is 1.09 bits per heavy atom. The van der Waals surface area contributed by atoms with Crippen LogP contribution >= 0.6 is 0 Å². The first kappa shape index (κ1) is 24.7. The average Bonchev–Trinajstić information content (AvgIpc) is 3.51. The van der Waals surface area contributed by atoms with Crippen LogP contribution in [0.4, 0.5) is 0 Å². The van der Waals surface area contributed by atoms with Crippen molar-refractivity contribution in [1.82, 2.24) is 24.6 Å². The summed E-state index contributed by atoms with van der Waals surface area (Å²) < 4.78 is 9.28. The van der Waals surface area contributed by atoms with E-state index < -0.39 is 0 Å². The van der Waals surface area contributed by atoms with E-state index in [0.717, 1.165) is 17.9 Å². The maximum Gasteiger partial charge on any atom is 0.259 e. The highest BCUT2D eigenvalue weighted by atomic mass is 16.5. The lowest BCUT2D eigenvalue weighted by Gasteiger charge is -2.31. The maximum atomic E-state index is 13.7. The number of aryl methyl sites for hydroxylation is 1. The Morgan fingerprint density at radius 2 is 1.77 bits per heavy atom. The highest BCUT2D eigenvalue weighted by Gasteiger charge is 2.32. The number of aromatic nitrogens is 3. The van der Waals surface area contributed by atoms with Crippen LogP contribution in [0.1, 0.15) is 49.2 Å². The second kappa shape index (κ2) is 11.4. The summed E-state index contributed by atoms with van der Waals surface area (Å²) in [5.41, 5.74) is 2.18. The van der Waals surface area contributed by atoms with Gasteiger partial charge in [-0.15, -0.1) is 0 Å². The van der Waals surface area contributed by atoms with Crippen molar-refractivity contribution in [2.24, 2.45) is 5.92 Å². The molecule has 0 aliphatic carbocycles. The SMILES string of the molecule is Cc1nn(-c2ccccc2)c(-n2cccc2)c1C(=O)N1CCC(C(=O)NCCCOC(C)C)CC1. The first-order chi connectivity index (χ1) is 17.0. The number of nitrogens with zero attached hydrogens (tertiary/aromatic N) is 4. The van der Waals surface area contributed by atoms with E-state index in [4.69, 9.17) is 9.84 Å². The molecule has 1 aromatic carbocycles. The van der Waals surface area contributed by atoms with Gasteiger partial charge in [0.2, 0.25) is 5.91 Å². The molecule has 1 aliphatic rings. The van der Waals surface area contributed by atoms with Crippen LogP contribution in [0.15, 0.2) is 54.9 Å². The number of benzene rings is 1. The minimum Gasteiger partial charge on any atom is -0.379 e. The summed E-state index contributed by atoms with van der Waals surface area (Å²) in [6, 6.07) is 13.7. The van der Waals surface area contributed by atoms with Gasteiger partial charge in [0.05, 0.1) is 17.5 Å². The van der Waals surface area contributed by atoms with E-state index in [1.807, 2.05) is 89.8 Å². The predicted octanol–water partition coefficient (Wildman–Crippen LogP) is 3.75. The van der Waals surface area contributed by atoms with Crippen molar-refractivity contribution >= 4 is 11.8 Å². The van der Waals surface area contributed by atoms with Crippen LogP contribution < -0.4 is 5.32 Å². The summed E-state index contributed by atoms with van der Waals surface area (Å²) in [4.78, 5) is 28.1. The Kier molecular flexibility index (Phi) is 8.02. The Morgan fingerprint density at radius 3 is 2.43 bits per heavy atom. The molecule has 1 aliphatic heterocycles. The van der Waals surface area contributed by atoms with Gasteiger partial charge in [0.1, 0.15) is 5.56 Å². The zero-order valence-corrected chi connectivity index (χ0v) is 20.8. The van der Waals surface area contributed by atoms with Crippen molar-refractivity contribution in [3.63, 3.8) is 0 Å². The van der Waals surface area contributed by atoms with Crippen molar-refractivity contribution in [3.05, 3.63) is 66.1 Å². The smallest absolute Gasteiger partial charge is 0.259 e. The van der Waals surface area contributed by atoms with Crippen LogP contribution in [0.25, 0.3) is 11.5 Å². The molecule has 1 saturated heterocycles. The fraction of sp³-hybridized carbons (Fsp3) is 0.444. The van der Waals surface area contributed by atoms with Gasteiger partial charge < -0.3 is 19.5 Å². The summed E-state index contributed by atoms with van der Waals surface area (Å²) in [5.74, 6) is 0.690. The van der Waals surface area contributed by atoms with Crippen molar-refractivity contribution in [2.45, 2.75) is 46.1 Å². The molecule has 8 nitrogen and oxygen atoms in total. The van der Waals surface area contributed by atoms with E-state index in [1.165, 1.54) is 0 Å². The quantitative estimate of drug-likeness (QED) is 0.476. The Labute approximate surface area is 206 Å². The number of ether oxygens (including phenoxy) is 1. The highest BCUT2D eigenvalue weighted by molar-refractivity contribution is 5.99. The molecule has 2 amide bonds. The standard InChI is InChI=1S/C27H35N5O3/c1-20(2)35-19-9-14-28-25(33)22-12-17-31(18-13-22)27(34)24-21(3)29-32(23-10-5-4-6-11-23)26(24)30-15-7-8-16-30/h4-8,10-11,15-16,20,22H,9,12-14,17-19H2,1-3H3,(H,28,33). The van der Waals surface area contributed by atoms with E-state index in [2.05, 4.69) is 5.32 Å². The van der Waals surface area contributed by atoms with Gasteiger partial charge in [0, 0.05) is 44.6 Å². The molecular formula is C27H35N5O3. The normalized spacial score (nSPS) is 14.5. The molecule has 186 valence electrons. The van der Waals surface area contributed by atoms with E-state index >= 15 is 0 Å². The molecule has 0 bridgehead atoms. The first-order valence-electron chi connectivity index (χ1n) is 12.4. The molecule has 0 saturated carbocycles. The Hall–Kier alpha value is -3.39. The zero-order chi connectivity index (χ0) is 24.8. The topological polar surface area (TPSA) is 81.4 Å². The molecule has 35 heavy (non-hydrogen) atoms. The second-order valence-electron chi connectivity index (χ2n) is 9.25. The lowest BCUT2D eigenvalue weighted by Crippen LogP contribution is -2.43. The Balaban J connectivity index is 1.44. The molecule has 0 radical (unpaired) electrons. The lowest BCUT2D eigenvalue weighted by molar-refractivity contribution is -0.126. The molecular weight excluding hydrogens is 442 g/mol. The average molecular weight is 478 g/mol. The molecule has 1 N–H and O–H groups in total. The number of rotatable bonds is 9. The number of carbonyl (C=O) groups is 2. The summed E-state index contributed by atoms with van der Waals surface area (Å²) in [5, 5.41) is 7.75. The maximum absolute atomic E-state index is 13.7.